The average molecular weight is 297 g/mol. The van der Waals surface area contributed by atoms with E-state index in [9.17, 15) is 0 Å². The quantitative estimate of drug-likeness (QED) is 0.371. The van der Waals surface area contributed by atoms with E-state index >= 15 is 0 Å². The van der Waals surface area contributed by atoms with E-state index in [0.29, 0.717) is 6.61 Å². The zero-order chi connectivity index (χ0) is 15.7. The SMILES string of the molecule is C=CCOC1=NC(OOC(C)(C)CC)N=CN1OCC=C. The van der Waals surface area contributed by atoms with E-state index in [2.05, 4.69) is 23.1 Å². The van der Waals surface area contributed by atoms with Gasteiger partial charge in [0, 0.05) is 0 Å². The molecular formula is C14H23N3O4. The highest BCUT2D eigenvalue weighted by Gasteiger charge is 2.24. The molecule has 0 saturated carbocycles. The van der Waals surface area contributed by atoms with E-state index in [4.69, 9.17) is 19.3 Å². The van der Waals surface area contributed by atoms with E-state index < -0.39 is 12.0 Å². The molecule has 1 unspecified atom stereocenters. The Morgan fingerprint density at radius 3 is 2.67 bits per heavy atom. The van der Waals surface area contributed by atoms with Gasteiger partial charge in [0.1, 0.15) is 12.9 Å². The van der Waals surface area contributed by atoms with Crippen molar-refractivity contribution in [1.82, 2.24) is 5.06 Å². The first-order valence-electron chi connectivity index (χ1n) is 6.74. The van der Waals surface area contributed by atoms with Gasteiger partial charge in [0.25, 0.3) is 6.35 Å². The van der Waals surface area contributed by atoms with Crippen molar-refractivity contribution < 1.29 is 19.3 Å². The third-order valence-corrected chi connectivity index (χ3v) is 2.58. The van der Waals surface area contributed by atoms with Crippen LogP contribution in [-0.2, 0) is 19.3 Å². The van der Waals surface area contributed by atoms with E-state index in [-0.39, 0.29) is 12.6 Å². The molecule has 0 aromatic heterocycles. The average Bonchev–Trinajstić information content (AvgIpc) is 2.49. The van der Waals surface area contributed by atoms with Crippen molar-refractivity contribution in [2.75, 3.05) is 13.2 Å². The van der Waals surface area contributed by atoms with Gasteiger partial charge < -0.3 is 4.74 Å². The standard InChI is InChI=1S/C14H23N3O4/c1-6-9-18-13-16-12(20-21-14(4,5)8-3)15-11-17(13)19-10-7-2/h6-7,11-12H,1-2,8-10H2,3-5H3. The second-order valence-electron chi connectivity index (χ2n) is 4.81. The molecule has 1 rings (SSSR count). The van der Waals surface area contributed by atoms with Gasteiger partial charge in [-0.2, -0.15) is 14.9 Å². The molecule has 1 atom stereocenters. The first kappa shape index (κ1) is 17.4. The molecule has 118 valence electrons. The monoisotopic (exact) mass is 297 g/mol. The molecule has 7 heteroatoms. The van der Waals surface area contributed by atoms with Gasteiger partial charge in [-0.1, -0.05) is 25.7 Å². The largest absolute Gasteiger partial charge is 0.459 e. The summed E-state index contributed by atoms with van der Waals surface area (Å²) in [7, 11) is 0. The molecule has 0 aliphatic carbocycles. The molecule has 0 radical (unpaired) electrons. The normalized spacial score (nSPS) is 18.3. The van der Waals surface area contributed by atoms with Crippen molar-refractivity contribution in [2.45, 2.75) is 39.1 Å². The topological polar surface area (TPSA) is 64.9 Å². The van der Waals surface area contributed by atoms with Gasteiger partial charge in [-0.15, -0.1) is 6.58 Å². The summed E-state index contributed by atoms with van der Waals surface area (Å²) in [5, 5.41) is 1.30. The van der Waals surface area contributed by atoms with Crippen molar-refractivity contribution in [3.63, 3.8) is 0 Å². The molecule has 1 heterocycles. The Kier molecular flexibility index (Phi) is 7.07. The number of nitrogens with zero attached hydrogens (tertiary/aromatic N) is 3. The number of hydroxylamine groups is 2. The maximum atomic E-state index is 5.40. The van der Waals surface area contributed by atoms with Gasteiger partial charge in [-0.25, -0.2) is 9.88 Å². The fourth-order valence-corrected chi connectivity index (χ4v) is 1.09. The number of hydrogen-bond acceptors (Lipinski definition) is 7. The summed E-state index contributed by atoms with van der Waals surface area (Å²) in [5.74, 6) is 0. The van der Waals surface area contributed by atoms with Crippen LogP contribution < -0.4 is 0 Å². The summed E-state index contributed by atoms with van der Waals surface area (Å²) in [5.41, 5.74) is -0.413. The number of amidine groups is 1. The molecule has 1 aliphatic heterocycles. The Morgan fingerprint density at radius 2 is 2.05 bits per heavy atom. The Bertz CT molecular complexity index is 407. The zero-order valence-electron chi connectivity index (χ0n) is 12.8. The maximum Gasteiger partial charge on any atom is 0.322 e. The van der Waals surface area contributed by atoms with Crippen LogP contribution >= 0.6 is 0 Å². The fourth-order valence-electron chi connectivity index (χ4n) is 1.09. The van der Waals surface area contributed by atoms with Crippen LogP contribution in [0.3, 0.4) is 0 Å². The van der Waals surface area contributed by atoms with Crippen LogP contribution in [0.1, 0.15) is 27.2 Å². The minimum absolute atomic E-state index is 0.217. The Balaban J connectivity index is 2.64. The van der Waals surface area contributed by atoms with Gasteiger partial charge in [0.15, 0.2) is 0 Å². The van der Waals surface area contributed by atoms with Crippen LogP contribution in [-0.4, -0.2) is 42.6 Å². The molecule has 7 nitrogen and oxygen atoms in total. The van der Waals surface area contributed by atoms with E-state index in [1.807, 2.05) is 20.8 Å². The molecule has 0 aromatic carbocycles. The molecule has 0 bridgehead atoms. The van der Waals surface area contributed by atoms with Gasteiger partial charge in [-0.05, 0) is 20.3 Å². The summed E-state index contributed by atoms with van der Waals surface area (Å²) in [6, 6.07) is 0.217. The summed E-state index contributed by atoms with van der Waals surface area (Å²) >= 11 is 0. The van der Waals surface area contributed by atoms with Crippen LogP contribution in [0.2, 0.25) is 0 Å². The maximum absolute atomic E-state index is 5.40. The zero-order valence-corrected chi connectivity index (χ0v) is 12.8. The smallest absolute Gasteiger partial charge is 0.322 e. The molecule has 0 saturated heterocycles. The van der Waals surface area contributed by atoms with Crippen LogP contribution in [0, 0.1) is 0 Å². The highest BCUT2D eigenvalue weighted by Crippen LogP contribution is 2.17. The van der Waals surface area contributed by atoms with Crippen LogP contribution in [0.5, 0.6) is 0 Å². The van der Waals surface area contributed by atoms with E-state index in [1.165, 1.54) is 11.4 Å². The third kappa shape index (κ3) is 6.07. The van der Waals surface area contributed by atoms with Gasteiger partial charge in [-0.3, -0.25) is 4.84 Å². The minimum atomic E-state index is -0.834. The van der Waals surface area contributed by atoms with Crippen LogP contribution in [0.25, 0.3) is 0 Å². The lowest BCUT2D eigenvalue weighted by Crippen LogP contribution is -2.38. The molecule has 0 fully saturated rings. The fraction of sp³-hybridized carbons (Fsp3) is 0.571. The number of ether oxygens (including phenoxy) is 1. The first-order chi connectivity index (χ1) is 10.0. The van der Waals surface area contributed by atoms with Crippen molar-refractivity contribution in [3.05, 3.63) is 25.3 Å². The molecule has 0 aromatic rings. The highest BCUT2D eigenvalue weighted by atomic mass is 17.2. The second kappa shape index (κ2) is 8.56. The molecule has 0 spiro atoms. The molecule has 21 heavy (non-hydrogen) atoms. The summed E-state index contributed by atoms with van der Waals surface area (Å²) in [6.07, 6.45) is 4.59. The lowest BCUT2D eigenvalue weighted by molar-refractivity contribution is -0.375. The Hall–Kier alpha value is -1.70. The Labute approximate surface area is 125 Å². The number of hydrogen-bond donors (Lipinski definition) is 0. The molecule has 0 N–H and O–H groups in total. The van der Waals surface area contributed by atoms with E-state index in [0.717, 1.165) is 6.42 Å². The summed E-state index contributed by atoms with van der Waals surface area (Å²) in [6.45, 7) is 13.6. The number of aliphatic imine (C=N–C) groups is 2. The van der Waals surface area contributed by atoms with Crippen LogP contribution in [0.4, 0.5) is 0 Å². The van der Waals surface area contributed by atoms with Crippen molar-refractivity contribution in [2.24, 2.45) is 9.98 Å². The highest BCUT2D eigenvalue weighted by molar-refractivity contribution is 5.86. The third-order valence-electron chi connectivity index (χ3n) is 2.58. The van der Waals surface area contributed by atoms with E-state index in [1.54, 1.807) is 12.2 Å². The lowest BCUT2D eigenvalue weighted by Gasteiger charge is -2.26. The predicted molar refractivity (Wildman–Crippen MR) is 80.4 cm³/mol. The minimum Gasteiger partial charge on any atom is -0.459 e. The van der Waals surface area contributed by atoms with Crippen LogP contribution in [0.15, 0.2) is 35.3 Å². The Morgan fingerprint density at radius 1 is 1.33 bits per heavy atom. The van der Waals surface area contributed by atoms with Gasteiger partial charge in [0.2, 0.25) is 0 Å². The first-order valence-corrected chi connectivity index (χ1v) is 6.74. The summed E-state index contributed by atoms with van der Waals surface area (Å²) in [4.78, 5) is 24.1. The molecule has 1 aliphatic rings. The van der Waals surface area contributed by atoms with Gasteiger partial charge in [0.05, 0.1) is 12.2 Å². The van der Waals surface area contributed by atoms with Crippen molar-refractivity contribution >= 4 is 12.4 Å². The predicted octanol–water partition coefficient (Wildman–Crippen LogP) is 2.43. The molecular weight excluding hydrogens is 274 g/mol. The lowest BCUT2D eigenvalue weighted by atomic mass is 10.1. The second-order valence-corrected chi connectivity index (χ2v) is 4.81. The van der Waals surface area contributed by atoms with Crippen molar-refractivity contribution in [1.29, 1.82) is 0 Å². The summed E-state index contributed by atoms with van der Waals surface area (Å²) < 4.78 is 5.40. The molecule has 0 amide bonds. The number of rotatable bonds is 9. The van der Waals surface area contributed by atoms with Gasteiger partial charge >= 0.3 is 6.02 Å². The van der Waals surface area contributed by atoms with Crippen molar-refractivity contribution in [3.8, 4) is 0 Å².